The Morgan fingerprint density at radius 3 is 2.64 bits per heavy atom. The first-order valence-corrected chi connectivity index (χ1v) is 12.2. The number of nitrogens with one attached hydrogen (secondary N) is 2. The van der Waals surface area contributed by atoms with Crippen molar-refractivity contribution in [2.24, 2.45) is 5.92 Å². The number of Topliss-reactive ketones (excluding diaryl/α,β-unsaturated/α-hetero) is 1. The first kappa shape index (κ1) is 24.6. The lowest BCUT2D eigenvalue weighted by molar-refractivity contribution is -0.131. The molecule has 1 aliphatic rings. The fourth-order valence-corrected chi connectivity index (χ4v) is 5.10. The monoisotopic (exact) mass is 476 g/mol. The second kappa shape index (κ2) is 10.7. The number of furan rings is 1. The number of ketones is 1. The summed E-state index contributed by atoms with van der Waals surface area (Å²) in [5.41, 5.74) is 0. The first-order valence-electron chi connectivity index (χ1n) is 10.8. The molecule has 2 aromatic heterocycles. The quantitative estimate of drug-likeness (QED) is 0.591. The molecule has 0 radical (unpaired) electrons. The van der Waals surface area contributed by atoms with Crippen molar-refractivity contribution in [2.45, 2.75) is 56.8 Å². The summed E-state index contributed by atoms with van der Waals surface area (Å²) in [6.07, 6.45) is 2.69. The van der Waals surface area contributed by atoms with Crippen molar-refractivity contribution < 1.29 is 27.2 Å². The van der Waals surface area contributed by atoms with Gasteiger partial charge in [-0.3, -0.25) is 14.4 Å². The Morgan fingerprint density at radius 2 is 2.00 bits per heavy atom. The Kier molecular flexibility index (Phi) is 7.98. The number of sulfonamides is 1. The van der Waals surface area contributed by atoms with Crippen molar-refractivity contribution in [3.05, 3.63) is 48.6 Å². The van der Waals surface area contributed by atoms with Crippen LogP contribution in [-0.2, 0) is 19.6 Å². The fraction of sp³-hybridized carbons (Fsp3) is 0.455. The van der Waals surface area contributed by atoms with Crippen LogP contribution in [0.3, 0.4) is 0 Å². The Labute approximate surface area is 192 Å². The minimum Gasteiger partial charge on any atom is -0.459 e. The van der Waals surface area contributed by atoms with Crippen molar-refractivity contribution in [1.29, 1.82) is 0 Å². The van der Waals surface area contributed by atoms with Crippen LogP contribution in [0.15, 0.2) is 52.2 Å². The zero-order valence-electron chi connectivity index (χ0n) is 18.6. The SMILES string of the molecule is CC(C)CC(NC(=O)c1ccco1)C(=O)N[C@@H]1C(=O)CCCCN1S(=O)(=O)c1ccccn1. The second-order valence-electron chi connectivity index (χ2n) is 8.25. The van der Waals surface area contributed by atoms with Gasteiger partial charge in [0, 0.05) is 19.2 Å². The standard InChI is InChI=1S/C22H28N4O6S/c1-15(2)14-16(24-22(29)18-9-7-13-32-18)21(28)25-20-17(27)8-4-6-12-26(20)33(30,31)19-10-3-5-11-23-19/h3,5,7,9-11,13,15-16,20H,4,6,8,12,14H2,1-2H3,(H,24,29)(H,25,28)/t16?,20-/m0/s1. The number of aromatic nitrogens is 1. The predicted octanol–water partition coefficient (Wildman–Crippen LogP) is 1.71. The van der Waals surface area contributed by atoms with Crippen LogP contribution < -0.4 is 10.6 Å². The van der Waals surface area contributed by atoms with E-state index >= 15 is 0 Å². The molecule has 1 aliphatic heterocycles. The number of carbonyl (C=O) groups excluding carboxylic acids is 3. The predicted molar refractivity (Wildman–Crippen MR) is 118 cm³/mol. The van der Waals surface area contributed by atoms with E-state index < -0.39 is 39.8 Å². The highest BCUT2D eigenvalue weighted by Crippen LogP contribution is 2.21. The van der Waals surface area contributed by atoms with Gasteiger partial charge in [-0.05, 0) is 49.4 Å². The highest BCUT2D eigenvalue weighted by molar-refractivity contribution is 7.89. The van der Waals surface area contributed by atoms with Crippen LogP contribution in [-0.4, -0.2) is 54.1 Å². The molecular formula is C22H28N4O6S. The van der Waals surface area contributed by atoms with E-state index in [-0.39, 0.29) is 36.1 Å². The molecule has 0 aromatic carbocycles. The highest BCUT2D eigenvalue weighted by Gasteiger charge is 2.39. The summed E-state index contributed by atoms with van der Waals surface area (Å²) in [5, 5.41) is 4.99. The number of hydrogen-bond donors (Lipinski definition) is 2. The molecule has 2 amide bonds. The van der Waals surface area contributed by atoms with Gasteiger partial charge >= 0.3 is 0 Å². The molecule has 0 bridgehead atoms. The molecule has 33 heavy (non-hydrogen) atoms. The van der Waals surface area contributed by atoms with E-state index in [1.165, 1.54) is 30.7 Å². The molecule has 0 aliphatic carbocycles. The number of amides is 2. The molecule has 2 N–H and O–H groups in total. The van der Waals surface area contributed by atoms with Crippen LogP contribution in [0.4, 0.5) is 0 Å². The molecule has 1 unspecified atom stereocenters. The Bertz CT molecular complexity index is 1070. The zero-order valence-corrected chi connectivity index (χ0v) is 19.4. The van der Waals surface area contributed by atoms with Crippen molar-refractivity contribution in [2.75, 3.05) is 6.54 Å². The maximum absolute atomic E-state index is 13.2. The van der Waals surface area contributed by atoms with Gasteiger partial charge in [0.1, 0.15) is 6.04 Å². The number of nitrogens with zero attached hydrogens (tertiary/aromatic N) is 2. The minimum atomic E-state index is -4.14. The summed E-state index contributed by atoms with van der Waals surface area (Å²) in [4.78, 5) is 42.4. The summed E-state index contributed by atoms with van der Waals surface area (Å²) in [6, 6.07) is 6.50. The van der Waals surface area contributed by atoms with E-state index in [1.54, 1.807) is 12.1 Å². The van der Waals surface area contributed by atoms with E-state index in [0.717, 1.165) is 4.31 Å². The topological polar surface area (TPSA) is 139 Å². The lowest BCUT2D eigenvalue weighted by atomic mass is 10.0. The Balaban J connectivity index is 1.85. The average molecular weight is 477 g/mol. The number of rotatable bonds is 8. The van der Waals surface area contributed by atoms with Gasteiger partial charge < -0.3 is 15.1 Å². The van der Waals surface area contributed by atoms with Gasteiger partial charge in [0.15, 0.2) is 22.7 Å². The van der Waals surface area contributed by atoms with E-state index in [9.17, 15) is 22.8 Å². The summed E-state index contributed by atoms with van der Waals surface area (Å²) in [7, 11) is -4.14. The van der Waals surface area contributed by atoms with Crippen molar-refractivity contribution >= 4 is 27.6 Å². The van der Waals surface area contributed by atoms with Crippen molar-refractivity contribution in [1.82, 2.24) is 19.9 Å². The maximum atomic E-state index is 13.2. The maximum Gasteiger partial charge on any atom is 0.287 e. The van der Waals surface area contributed by atoms with Crippen LogP contribution in [0.2, 0.25) is 0 Å². The van der Waals surface area contributed by atoms with E-state index in [0.29, 0.717) is 12.8 Å². The Morgan fingerprint density at radius 1 is 1.21 bits per heavy atom. The van der Waals surface area contributed by atoms with Crippen molar-refractivity contribution in [3.8, 4) is 0 Å². The molecule has 10 nitrogen and oxygen atoms in total. The number of carbonyl (C=O) groups is 3. The fourth-order valence-electron chi connectivity index (χ4n) is 3.60. The van der Waals surface area contributed by atoms with E-state index in [2.05, 4.69) is 15.6 Å². The molecular weight excluding hydrogens is 448 g/mol. The summed E-state index contributed by atoms with van der Waals surface area (Å²) in [6.45, 7) is 3.82. The first-order chi connectivity index (χ1) is 15.7. The molecule has 178 valence electrons. The third kappa shape index (κ3) is 6.05. The normalized spacial score (nSPS) is 18.5. The number of pyridine rings is 1. The van der Waals surface area contributed by atoms with Gasteiger partial charge in [0.2, 0.25) is 5.91 Å². The molecule has 2 aromatic rings. The van der Waals surface area contributed by atoms with Crippen LogP contribution in [0.1, 0.15) is 50.1 Å². The van der Waals surface area contributed by atoms with Gasteiger partial charge in [0.25, 0.3) is 15.9 Å². The molecule has 2 atom stereocenters. The summed E-state index contributed by atoms with van der Waals surface area (Å²) >= 11 is 0. The van der Waals surface area contributed by atoms with Crippen LogP contribution >= 0.6 is 0 Å². The largest absolute Gasteiger partial charge is 0.459 e. The highest BCUT2D eigenvalue weighted by atomic mass is 32.2. The van der Waals surface area contributed by atoms with Crippen molar-refractivity contribution in [3.63, 3.8) is 0 Å². The zero-order chi connectivity index (χ0) is 24.0. The van der Waals surface area contributed by atoms with Gasteiger partial charge in [-0.25, -0.2) is 13.4 Å². The molecule has 1 fully saturated rings. The Hall–Kier alpha value is -3.05. The van der Waals surface area contributed by atoms with Gasteiger partial charge in [-0.15, -0.1) is 0 Å². The minimum absolute atomic E-state index is 0.0378. The van der Waals surface area contributed by atoms with E-state index in [4.69, 9.17) is 4.42 Å². The van der Waals surface area contributed by atoms with Crippen LogP contribution in [0.5, 0.6) is 0 Å². The van der Waals surface area contributed by atoms with Crippen LogP contribution in [0.25, 0.3) is 0 Å². The second-order valence-corrected chi connectivity index (χ2v) is 10.1. The van der Waals surface area contributed by atoms with Gasteiger partial charge in [-0.2, -0.15) is 4.31 Å². The summed E-state index contributed by atoms with van der Waals surface area (Å²) in [5.74, 6) is -1.56. The molecule has 0 saturated carbocycles. The molecule has 3 heterocycles. The third-order valence-corrected chi connectivity index (χ3v) is 6.99. The molecule has 0 spiro atoms. The lowest BCUT2D eigenvalue weighted by Gasteiger charge is -2.30. The third-order valence-electron chi connectivity index (χ3n) is 5.21. The molecule has 3 rings (SSSR count). The lowest BCUT2D eigenvalue weighted by Crippen LogP contribution is -2.58. The van der Waals surface area contributed by atoms with E-state index in [1.807, 2.05) is 13.8 Å². The summed E-state index contributed by atoms with van der Waals surface area (Å²) < 4.78 is 32.5. The molecule has 1 saturated heterocycles. The van der Waals surface area contributed by atoms with Crippen LogP contribution in [0, 0.1) is 5.92 Å². The molecule has 11 heteroatoms. The smallest absolute Gasteiger partial charge is 0.287 e. The van der Waals surface area contributed by atoms with Gasteiger partial charge in [0.05, 0.1) is 6.26 Å². The average Bonchev–Trinajstić information content (AvgIpc) is 3.26. The number of hydrogen-bond acceptors (Lipinski definition) is 7. The van der Waals surface area contributed by atoms with Gasteiger partial charge in [-0.1, -0.05) is 19.9 Å².